The summed E-state index contributed by atoms with van der Waals surface area (Å²) >= 11 is 0. The van der Waals surface area contributed by atoms with Crippen LogP contribution in [0.15, 0.2) is 55.0 Å². The third kappa shape index (κ3) is 4.00. The third-order valence-electron chi connectivity index (χ3n) is 3.65. The van der Waals surface area contributed by atoms with Gasteiger partial charge in [-0.3, -0.25) is 4.98 Å². The molecule has 2 aromatic heterocycles. The molecular weight excluding hydrogens is 302 g/mol. The van der Waals surface area contributed by atoms with Crippen LogP contribution in [0.3, 0.4) is 0 Å². The smallest absolute Gasteiger partial charge is 0.158 e. The minimum absolute atomic E-state index is 0.225. The first-order valence-electron chi connectivity index (χ1n) is 7.93. The lowest BCUT2D eigenvalue weighted by atomic mass is 10.1. The number of hydrogen-bond acceptors (Lipinski definition) is 4. The average Bonchev–Trinajstić information content (AvgIpc) is 3.01. The summed E-state index contributed by atoms with van der Waals surface area (Å²) in [6.07, 6.45) is 4.64. The predicted molar refractivity (Wildman–Crippen MR) is 92.9 cm³/mol. The fourth-order valence-corrected chi connectivity index (χ4v) is 2.67. The van der Waals surface area contributed by atoms with Gasteiger partial charge in [-0.05, 0) is 49.2 Å². The number of rotatable bonds is 6. The normalized spacial score (nSPS) is 12.1. The molecule has 1 atom stereocenters. The van der Waals surface area contributed by atoms with Crippen molar-refractivity contribution >= 4 is 0 Å². The van der Waals surface area contributed by atoms with Gasteiger partial charge in [-0.2, -0.15) is 0 Å². The van der Waals surface area contributed by atoms with Gasteiger partial charge < -0.3 is 14.4 Å². The number of aliphatic hydroxyl groups is 1. The van der Waals surface area contributed by atoms with E-state index in [1.165, 1.54) is 0 Å². The van der Waals surface area contributed by atoms with Crippen molar-refractivity contribution in [1.82, 2.24) is 14.5 Å². The van der Waals surface area contributed by atoms with Crippen molar-refractivity contribution < 1.29 is 9.84 Å². The van der Waals surface area contributed by atoms with Crippen molar-refractivity contribution in [3.05, 3.63) is 66.1 Å². The molecule has 0 saturated carbocycles. The van der Waals surface area contributed by atoms with Crippen LogP contribution in [-0.4, -0.2) is 32.4 Å². The average molecular weight is 323 g/mol. The van der Waals surface area contributed by atoms with Crippen LogP contribution in [0.5, 0.6) is 5.75 Å². The highest BCUT2D eigenvalue weighted by Crippen LogP contribution is 2.17. The molecule has 3 aromatic rings. The Labute approximate surface area is 141 Å². The highest BCUT2D eigenvalue weighted by atomic mass is 16.5. The van der Waals surface area contributed by atoms with Gasteiger partial charge in [0.15, 0.2) is 5.82 Å². The molecule has 0 aliphatic carbocycles. The second kappa shape index (κ2) is 7.27. The van der Waals surface area contributed by atoms with Gasteiger partial charge in [-0.1, -0.05) is 12.1 Å². The zero-order valence-electron chi connectivity index (χ0n) is 13.9. The molecule has 24 heavy (non-hydrogen) atoms. The summed E-state index contributed by atoms with van der Waals surface area (Å²) in [6, 6.07) is 11.7. The van der Waals surface area contributed by atoms with Gasteiger partial charge in [-0.25, -0.2) is 4.98 Å². The number of imidazole rings is 1. The summed E-state index contributed by atoms with van der Waals surface area (Å²) in [6.45, 7) is 4.68. The van der Waals surface area contributed by atoms with Crippen LogP contribution in [0.4, 0.5) is 0 Å². The molecule has 0 fully saturated rings. The van der Waals surface area contributed by atoms with Crippen LogP contribution in [-0.2, 0) is 6.54 Å². The molecule has 5 heteroatoms. The summed E-state index contributed by atoms with van der Waals surface area (Å²) in [7, 11) is 0. The van der Waals surface area contributed by atoms with E-state index in [9.17, 15) is 5.11 Å². The molecule has 1 unspecified atom stereocenters. The molecule has 124 valence electrons. The number of hydrogen-bond donors (Lipinski definition) is 1. The number of ether oxygens (including phenoxy) is 1. The van der Waals surface area contributed by atoms with Crippen molar-refractivity contribution in [3.8, 4) is 17.3 Å². The highest BCUT2D eigenvalue weighted by Gasteiger charge is 2.12. The Balaban J connectivity index is 1.63. The van der Waals surface area contributed by atoms with Crippen molar-refractivity contribution in [3.63, 3.8) is 0 Å². The molecule has 3 rings (SSSR count). The number of aromatic nitrogens is 3. The highest BCUT2D eigenvalue weighted by molar-refractivity contribution is 5.49. The molecule has 0 radical (unpaired) electrons. The largest absolute Gasteiger partial charge is 0.491 e. The molecule has 1 N–H and O–H groups in total. The molecule has 5 nitrogen and oxygen atoms in total. The monoisotopic (exact) mass is 323 g/mol. The standard InChI is InChI=1S/C19H21N3O2/c1-14-9-15(2)11-17(10-14)24-13-16(23)12-22-8-7-21-19(22)18-5-3-4-6-20-18/h3-11,16,23H,12-13H2,1-2H3. The van der Waals surface area contributed by atoms with Crippen LogP contribution in [0, 0.1) is 13.8 Å². The minimum Gasteiger partial charge on any atom is -0.491 e. The lowest BCUT2D eigenvalue weighted by Gasteiger charge is -2.15. The molecule has 2 heterocycles. The zero-order chi connectivity index (χ0) is 16.9. The third-order valence-corrected chi connectivity index (χ3v) is 3.65. The molecule has 1 aromatic carbocycles. The van der Waals surface area contributed by atoms with Gasteiger partial charge in [0.25, 0.3) is 0 Å². The maximum atomic E-state index is 10.3. The topological polar surface area (TPSA) is 60.2 Å². The lowest BCUT2D eigenvalue weighted by molar-refractivity contribution is 0.0928. The number of pyridine rings is 1. The van der Waals surface area contributed by atoms with E-state index in [1.54, 1.807) is 12.4 Å². The zero-order valence-corrected chi connectivity index (χ0v) is 13.9. The van der Waals surface area contributed by atoms with Gasteiger partial charge in [0.05, 0.1) is 6.54 Å². The van der Waals surface area contributed by atoms with E-state index in [0.29, 0.717) is 6.54 Å². The minimum atomic E-state index is -0.637. The maximum absolute atomic E-state index is 10.3. The Morgan fingerprint density at radius 3 is 2.58 bits per heavy atom. The Morgan fingerprint density at radius 1 is 1.08 bits per heavy atom. The van der Waals surface area contributed by atoms with Crippen molar-refractivity contribution in [2.45, 2.75) is 26.5 Å². The number of aliphatic hydroxyl groups excluding tert-OH is 1. The second-order valence-electron chi connectivity index (χ2n) is 5.91. The molecular formula is C19H21N3O2. The van der Waals surface area contributed by atoms with E-state index in [4.69, 9.17) is 4.74 Å². The van der Waals surface area contributed by atoms with Gasteiger partial charge in [0.2, 0.25) is 0 Å². The number of benzene rings is 1. The first-order chi connectivity index (χ1) is 11.6. The fourth-order valence-electron chi connectivity index (χ4n) is 2.67. The van der Waals surface area contributed by atoms with Gasteiger partial charge >= 0.3 is 0 Å². The number of aryl methyl sites for hydroxylation is 2. The maximum Gasteiger partial charge on any atom is 0.158 e. The molecule has 0 spiro atoms. The first kappa shape index (κ1) is 16.2. The van der Waals surface area contributed by atoms with Crippen molar-refractivity contribution in [2.75, 3.05) is 6.61 Å². The van der Waals surface area contributed by atoms with Crippen molar-refractivity contribution in [1.29, 1.82) is 0 Å². The van der Waals surface area contributed by atoms with E-state index >= 15 is 0 Å². The van der Waals surface area contributed by atoms with E-state index in [-0.39, 0.29) is 6.61 Å². The quantitative estimate of drug-likeness (QED) is 0.757. The Hall–Kier alpha value is -2.66. The molecule has 0 saturated heterocycles. The van der Waals surface area contributed by atoms with Crippen LogP contribution < -0.4 is 4.74 Å². The molecule has 0 aliphatic heterocycles. The van der Waals surface area contributed by atoms with Gasteiger partial charge in [0, 0.05) is 18.6 Å². The lowest BCUT2D eigenvalue weighted by Crippen LogP contribution is -2.23. The van der Waals surface area contributed by atoms with Crippen LogP contribution >= 0.6 is 0 Å². The fraction of sp³-hybridized carbons (Fsp3) is 0.263. The van der Waals surface area contributed by atoms with Crippen LogP contribution in [0.25, 0.3) is 11.5 Å². The summed E-state index contributed by atoms with van der Waals surface area (Å²) in [5.41, 5.74) is 3.07. The first-order valence-corrected chi connectivity index (χ1v) is 7.93. The summed E-state index contributed by atoms with van der Waals surface area (Å²) in [5, 5.41) is 10.3. The Bertz CT molecular complexity index is 779. The summed E-state index contributed by atoms with van der Waals surface area (Å²) in [4.78, 5) is 8.64. The van der Waals surface area contributed by atoms with Crippen LogP contribution in [0.2, 0.25) is 0 Å². The Morgan fingerprint density at radius 2 is 1.88 bits per heavy atom. The molecule has 0 aliphatic rings. The summed E-state index contributed by atoms with van der Waals surface area (Å²) in [5.74, 6) is 1.52. The predicted octanol–water partition coefficient (Wildman–Crippen LogP) is 3.00. The van der Waals surface area contributed by atoms with E-state index < -0.39 is 6.10 Å². The van der Waals surface area contributed by atoms with Crippen LogP contribution in [0.1, 0.15) is 11.1 Å². The van der Waals surface area contributed by atoms with Gasteiger partial charge in [-0.15, -0.1) is 0 Å². The number of nitrogens with zero attached hydrogens (tertiary/aromatic N) is 3. The molecule has 0 bridgehead atoms. The second-order valence-corrected chi connectivity index (χ2v) is 5.91. The summed E-state index contributed by atoms with van der Waals surface area (Å²) < 4.78 is 7.61. The van der Waals surface area contributed by atoms with E-state index in [2.05, 4.69) is 16.0 Å². The van der Waals surface area contributed by atoms with E-state index in [0.717, 1.165) is 28.4 Å². The van der Waals surface area contributed by atoms with Gasteiger partial charge in [0.1, 0.15) is 24.2 Å². The van der Waals surface area contributed by atoms with E-state index in [1.807, 2.05) is 54.9 Å². The SMILES string of the molecule is Cc1cc(C)cc(OCC(O)Cn2ccnc2-c2ccccn2)c1. The van der Waals surface area contributed by atoms with Crippen molar-refractivity contribution in [2.24, 2.45) is 0 Å². The Kier molecular flexibility index (Phi) is 4.91. The molecule has 0 amide bonds.